The van der Waals surface area contributed by atoms with E-state index < -0.39 is 0 Å². The van der Waals surface area contributed by atoms with E-state index >= 15 is 0 Å². The van der Waals surface area contributed by atoms with Crippen LogP contribution in [0.25, 0.3) is 0 Å². The maximum atomic E-state index is 4.91. The number of rotatable bonds is 3. The lowest BCUT2D eigenvalue weighted by Gasteiger charge is -1.93. The van der Waals surface area contributed by atoms with Crippen molar-refractivity contribution in [2.45, 2.75) is 13.3 Å². The normalized spacial score (nSPS) is 22.6. The molecule has 1 aromatic rings. The van der Waals surface area contributed by atoms with Crippen LogP contribution in [0.5, 0.6) is 5.75 Å². The van der Waals surface area contributed by atoms with Crippen LogP contribution in [0.3, 0.4) is 0 Å². The van der Waals surface area contributed by atoms with Crippen LogP contribution in [-0.2, 0) is 0 Å². The summed E-state index contributed by atoms with van der Waals surface area (Å²) >= 11 is 0. The molecule has 1 fully saturated rings. The molecule has 0 saturated heterocycles. The molecular formula is C13H21NO. The molecular weight excluding hydrogens is 186 g/mol. The van der Waals surface area contributed by atoms with Crippen LogP contribution < -0.4 is 10.1 Å². The highest BCUT2D eigenvalue weighted by Crippen LogP contribution is 2.36. The van der Waals surface area contributed by atoms with Gasteiger partial charge in [0.2, 0.25) is 0 Å². The predicted octanol–water partition coefficient (Wildman–Crippen LogP) is 2.56. The maximum absolute atomic E-state index is 4.91. The van der Waals surface area contributed by atoms with Gasteiger partial charge in [0.15, 0.2) is 0 Å². The second-order valence-electron chi connectivity index (χ2n) is 4.05. The van der Waals surface area contributed by atoms with Gasteiger partial charge in [-0.1, -0.05) is 25.1 Å². The highest BCUT2D eigenvalue weighted by molar-refractivity contribution is 5.20. The van der Waals surface area contributed by atoms with Crippen LogP contribution in [0, 0.1) is 11.8 Å². The van der Waals surface area contributed by atoms with Crippen molar-refractivity contribution >= 4 is 0 Å². The molecule has 0 aromatic heterocycles. The fraction of sp³-hybridized carbons (Fsp3) is 0.538. The van der Waals surface area contributed by atoms with Crippen molar-refractivity contribution in [2.24, 2.45) is 11.8 Å². The maximum Gasteiger partial charge on any atom is 0.118 e. The van der Waals surface area contributed by atoms with E-state index in [9.17, 15) is 0 Å². The zero-order valence-corrected chi connectivity index (χ0v) is 9.86. The third-order valence-electron chi connectivity index (χ3n) is 2.72. The standard InChI is InChI=1S/C7H8O.C6H13N/c1-8-7-5-3-2-4-6-7;1-5-3-6(5)4-7-2/h2-6H,1H3;5-7H,3-4H2,1-2H3. The van der Waals surface area contributed by atoms with E-state index in [1.807, 2.05) is 37.4 Å². The van der Waals surface area contributed by atoms with E-state index in [1.165, 1.54) is 13.0 Å². The molecule has 1 aliphatic rings. The molecule has 2 atom stereocenters. The smallest absolute Gasteiger partial charge is 0.118 e. The number of benzene rings is 1. The Morgan fingerprint density at radius 2 is 1.93 bits per heavy atom. The molecule has 2 nitrogen and oxygen atoms in total. The molecule has 0 heterocycles. The molecule has 2 unspecified atom stereocenters. The molecule has 0 radical (unpaired) electrons. The summed E-state index contributed by atoms with van der Waals surface area (Å²) in [5.74, 6) is 2.92. The van der Waals surface area contributed by atoms with E-state index in [0.29, 0.717) is 0 Å². The summed E-state index contributed by atoms with van der Waals surface area (Å²) in [6.07, 6.45) is 1.45. The third-order valence-corrected chi connectivity index (χ3v) is 2.72. The Morgan fingerprint density at radius 1 is 1.33 bits per heavy atom. The van der Waals surface area contributed by atoms with Crippen molar-refractivity contribution in [2.75, 3.05) is 20.7 Å². The Kier molecular flexibility index (Phi) is 5.19. The topological polar surface area (TPSA) is 21.3 Å². The van der Waals surface area contributed by atoms with Crippen molar-refractivity contribution in [3.63, 3.8) is 0 Å². The van der Waals surface area contributed by atoms with E-state index in [2.05, 4.69) is 12.2 Å². The fourth-order valence-electron chi connectivity index (χ4n) is 1.50. The van der Waals surface area contributed by atoms with Crippen molar-refractivity contribution in [3.05, 3.63) is 30.3 Å². The van der Waals surface area contributed by atoms with Crippen LogP contribution in [0.15, 0.2) is 30.3 Å². The van der Waals surface area contributed by atoms with Gasteiger partial charge >= 0.3 is 0 Å². The van der Waals surface area contributed by atoms with Crippen LogP contribution in [0.4, 0.5) is 0 Å². The summed E-state index contributed by atoms with van der Waals surface area (Å²) in [6, 6.07) is 9.68. The Hall–Kier alpha value is -1.02. The summed E-state index contributed by atoms with van der Waals surface area (Å²) < 4.78 is 4.91. The van der Waals surface area contributed by atoms with E-state index in [0.717, 1.165) is 17.6 Å². The minimum Gasteiger partial charge on any atom is -0.497 e. The average molecular weight is 207 g/mol. The Bertz CT molecular complexity index is 260. The minimum atomic E-state index is 0.910. The molecule has 1 saturated carbocycles. The number of hydrogen-bond acceptors (Lipinski definition) is 2. The highest BCUT2D eigenvalue weighted by atomic mass is 16.5. The number of para-hydroxylation sites is 1. The summed E-state index contributed by atoms with van der Waals surface area (Å²) in [6.45, 7) is 3.53. The molecule has 0 aliphatic heterocycles. The summed E-state index contributed by atoms with van der Waals surface area (Å²) in [5, 5.41) is 3.16. The van der Waals surface area contributed by atoms with Gasteiger partial charge in [-0.25, -0.2) is 0 Å². The zero-order valence-electron chi connectivity index (χ0n) is 9.86. The van der Waals surface area contributed by atoms with Crippen LogP contribution in [0.2, 0.25) is 0 Å². The van der Waals surface area contributed by atoms with Crippen molar-refractivity contribution in [1.82, 2.24) is 5.32 Å². The lowest BCUT2D eigenvalue weighted by atomic mass is 10.3. The monoisotopic (exact) mass is 207 g/mol. The van der Waals surface area contributed by atoms with E-state index in [-0.39, 0.29) is 0 Å². The van der Waals surface area contributed by atoms with E-state index in [4.69, 9.17) is 4.74 Å². The number of nitrogens with one attached hydrogen (secondary N) is 1. The van der Waals surface area contributed by atoms with Crippen LogP contribution in [-0.4, -0.2) is 20.7 Å². The largest absolute Gasteiger partial charge is 0.497 e. The molecule has 0 amide bonds. The number of hydrogen-bond donors (Lipinski definition) is 1. The van der Waals surface area contributed by atoms with Gasteiger partial charge < -0.3 is 10.1 Å². The third kappa shape index (κ3) is 4.84. The van der Waals surface area contributed by atoms with E-state index in [1.54, 1.807) is 7.11 Å². The zero-order chi connectivity index (χ0) is 11.1. The Balaban J connectivity index is 0.000000151. The van der Waals surface area contributed by atoms with Crippen molar-refractivity contribution in [3.8, 4) is 5.75 Å². The highest BCUT2D eigenvalue weighted by Gasteiger charge is 2.30. The van der Waals surface area contributed by atoms with Gasteiger partial charge in [0, 0.05) is 0 Å². The number of ether oxygens (including phenoxy) is 1. The van der Waals surface area contributed by atoms with Gasteiger partial charge in [0.1, 0.15) is 5.75 Å². The summed E-state index contributed by atoms with van der Waals surface area (Å²) in [4.78, 5) is 0. The summed E-state index contributed by atoms with van der Waals surface area (Å²) in [7, 11) is 3.68. The molecule has 1 aromatic carbocycles. The lowest BCUT2D eigenvalue weighted by Crippen LogP contribution is -2.09. The molecule has 1 N–H and O–H groups in total. The Labute approximate surface area is 92.6 Å². The van der Waals surface area contributed by atoms with Crippen LogP contribution in [0.1, 0.15) is 13.3 Å². The van der Waals surface area contributed by atoms with Gasteiger partial charge in [-0.05, 0) is 44.0 Å². The molecule has 2 heteroatoms. The molecule has 1 aliphatic carbocycles. The lowest BCUT2D eigenvalue weighted by molar-refractivity contribution is 0.415. The molecule has 0 bridgehead atoms. The molecule has 0 spiro atoms. The predicted molar refractivity (Wildman–Crippen MR) is 64.2 cm³/mol. The first-order valence-electron chi connectivity index (χ1n) is 5.51. The molecule has 15 heavy (non-hydrogen) atoms. The van der Waals surface area contributed by atoms with Gasteiger partial charge in [-0.3, -0.25) is 0 Å². The second-order valence-corrected chi connectivity index (χ2v) is 4.05. The fourth-order valence-corrected chi connectivity index (χ4v) is 1.50. The SMILES string of the molecule is CNCC1CC1C.COc1ccccc1. The van der Waals surface area contributed by atoms with Gasteiger partial charge in [-0.2, -0.15) is 0 Å². The average Bonchev–Trinajstić information content (AvgIpc) is 2.97. The number of methoxy groups -OCH3 is 1. The Morgan fingerprint density at radius 3 is 2.20 bits per heavy atom. The van der Waals surface area contributed by atoms with Crippen molar-refractivity contribution < 1.29 is 4.74 Å². The van der Waals surface area contributed by atoms with Crippen LogP contribution >= 0.6 is 0 Å². The van der Waals surface area contributed by atoms with Gasteiger partial charge in [-0.15, -0.1) is 0 Å². The first-order chi connectivity index (χ1) is 7.27. The first kappa shape index (κ1) is 12.1. The molecule has 84 valence electrons. The first-order valence-corrected chi connectivity index (χ1v) is 5.51. The molecule has 2 rings (SSSR count). The van der Waals surface area contributed by atoms with Gasteiger partial charge in [0.25, 0.3) is 0 Å². The minimum absolute atomic E-state index is 0.910. The van der Waals surface area contributed by atoms with Crippen molar-refractivity contribution in [1.29, 1.82) is 0 Å². The second kappa shape index (κ2) is 6.46. The quantitative estimate of drug-likeness (QED) is 0.822. The van der Waals surface area contributed by atoms with Gasteiger partial charge in [0.05, 0.1) is 7.11 Å². The summed E-state index contributed by atoms with van der Waals surface area (Å²) in [5.41, 5.74) is 0.